The molecule has 0 aliphatic heterocycles. The van der Waals surface area contributed by atoms with E-state index in [1.165, 1.54) is 0 Å². The quantitative estimate of drug-likeness (QED) is 0.904. The van der Waals surface area contributed by atoms with Crippen molar-refractivity contribution in [2.75, 3.05) is 6.54 Å². The Bertz CT molecular complexity index is 372. The zero-order valence-electron chi connectivity index (χ0n) is 7.12. The van der Waals surface area contributed by atoms with Crippen LogP contribution in [-0.4, -0.2) is 15.0 Å². The molecule has 1 aromatic carbocycles. The van der Waals surface area contributed by atoms with E-state index in [-0.39, 0.29) is 4.90 Å². The van der Waals surface area contributed by atoms with Crippen LogP contribution >= 0.6 is 15.9 Å². The van der Waals surface area contributed by atoms with Crippen LogP contribution in [0.5, 0.6) is 0 Å². The minimum Gasteiger partial charge on any atom is -0.211 e. The summed E-state index contributed by atoms with van der Waals surface area (Å²) in [6.45, 7) is 2.15. The molecule has 0 aliphatic carbocycles. The van der Waals surface area contributed by atoms with Crippen molar-refractivity contribution < 1.29 is 8.42 Å². The van der Waals surface area contributed by atoms with Crippen molar-refractivity contribution in [3.05, 3.63) is 28.7 Å². The first-order valence-corrected chi connectivity index (χ1v) is 6.09. The first-order valence-electron chi connectivity index (χ1n) is 3.81. The zero-order chi connectivity index (χ0) is 9.90. The summed E-state index contributed by atoms with van der Waals surface area (Å²) < 4.78 is 26.1. The van der Waals surface area contributed by atoms with Crippen molar-refractivity contribution in [2.45, 2.75) is 11.8 Å². The summed E-state index contributed by atoms with van der Waals surface area (Å²) >= 11 is 3.24. The van der Waals surface area contributed by atoms with Gasteiger partial charge in [0.05, 0.1) is 4.90 Å². The zero-order valence-corrected chi connectivity index (χ0v) is 9.52. The van der Waals surface area contributed by atoms with Gasteiger partial charge in [0.1, 0.15) is 0 Å². The first kappa shape index (κ1) is 10.7. The van der Waals surface area contributed by atoms with Gasteiger partial charge in [-0.25, -0.2) is 13.1 Å². The molecule has 1 aromatic rings. The van der Waals surface area contributed by atoms with Gasteiger partial charge in [0.2, 0.25) is 10.0 Å². The molecular weight excluding hydrogens is 254 g/mol. The van der Waals surface area contributed by atoms with Gasteiger partial charge in [0.25, 0.3) is 0 Å². The van der Waals surface area contributed by atoms with E-state index in [1.807, 2.05) is 0 Å². The lowest BCUT2D eigenvalue weighted by molar-refractivity contribution is 0.584. The largest absolute Gasteiger partial charge is 0.240 e. The minimum absolute atomic E-state index is 0.289. The standard InChI is InChI=1S/C8H10BrNO2S/c1-2-10-13(11,12)8-5-3-7(9)4-6-8/h3-6,10H,2H2,1H3. The molecule has 0 saturated heterocycles. The normalized spacial score (nSPS) is 11.5. The average Bonchev–Trinajstić information content (AvgIpc) is 2.05. The van der Waals surface area contributed by atoms with Crippen LogP contribution < -0.4 is 4.72 Å². The van der Waals surface area contributed by atoms with Crippen LogP contribution in [0.25, 0.3) is 0 Å². The Morgan fingerprint density at radius 1 is 1.31 bits per heavy atom. The number of rotatable bonds is 3. The highest BCUT2D eigenvalue weighted by atomic mass is 79.9. The third-order valence-corrected chi connectivity index (χ3v) is 3.55. The van der Waals surface area contributed by atoms with Gasteiger partial charge < -0.3 is 0 Å². The van der Waals surface area contributed by atoms with E-state index in [9.17, 15) is 8.42 Å². The smallest absolute Gasteiger partial charge is 0.211 e. The molecule has 5 heteroatoms. The molecule has 0 atom stereocenters. The number of hydrogen-bond donors (Lipinski definition) is 1. The summed E-state index contributed by atoms with van der Waals surface area (Å²) in [6, 6.07) is 6.51. The Labute approximate surface area is 86.3 Å². The second-order valence-electron chi connectivity index (χ2n) is 2.46. The lowest BCUT2D eigenvalue weighted by atomic mass is 10.4. The topological polar surface area (TPSA) is 46.2 Å². The summed E-state index contributed by atoms with van der Waals surface area (Å²) in [6.07, 6.45) is 0. The molecule has 0 heterocycles. The Morgan fingerprint density at radius 2 is 1.85 bits per heavy atom. The van der Waals surface area contributed by atoms with Crippen LogP contribution in [0, 0.1) is 0 Å². The number of hydrogen-bond acceptors (Lipinski definition) is 2. The van der Waals surface area contributed by atoms with Crippen LogP contribution in [0.15, 0.2) is 33.6 Å². The average molecular weight is 264 g/mol. The van der Waals surface area contributed by atoms with Crippen molar-refractivity contribution >= 4 is 26.0 Å². The SMILES string of the molecule is CCNS(=O)(=O)c1ccc(Br)cc1. The van der Waals surface area contributed by atoms with Gasteiger partial charge in [-0.2, -0.15) is 0 Å². The van der Waals surface area contributed by atoms with Crippen molar-refractivity contribution in [1.29, 1.82) is 0 Å². The summed E-state index contributed by atoms with van der Waals surface area (Å²) in [5, 5.41) is 0. The molecule has 0 fully saturated rings. The fourth-order valence-electron chi connectivity index (χ4n) is 0.887. The van der Waals surface area contributed by atoms with Crippen molar-refractivity contribution in [1.82, 2.24) is 4.72 Å². The van der Waals surface area contributed by atoms with Crippen LogP contribution in [0.1, 0.15) is 6.92 Å². The lowest BCUT2D eigenvalue weighted by Gasteiger charge is -2.03. The molecule has 0 saturated carbocycles. The molecule has 0 amide bonds. The fourth-order valence-corrected chi connectivity index (χ4v) is 2.19. The minimum atomic E-state index is -3.30. The second-order valence-corrected chi connectivity index (χ2v) is 5.14. The summed E-state index contributed by atoms with van der Waals surface area (Å²) in [5.74, 6) is 0. The summed E-state index contributed by atoms with van der Waals surface area (Å²) in [7, 11) is -3.30. The highest BCUT2D eigenvalue weighted by Crippen LogP contribution is 2.13. The van der Waals surface area contributed by atoms with Crippen LogP contribution in [0.2, 0.25) is 0 Å². The third-order valence-electron chi connectivity index (χ3n) is 1.46. The molecular formula is C8H10BrNO2S. The van der Waals surface area contributed by atoms with Gasteiger partial charge in [-0.3, -0.25) is 0 Å². The van der Waals surface area contributed by atoms with Crippen LogP contribution in [0.3, 0.4) is 0 Å². The Kier molecular flexibility index (Phi) is 3.47. The summed E-state index contributed by atoms with van der Waals surface area (Å²) in [4.78, 5) is 0.289. The van der Waals surface area contributed by atoms with Gasteiger partial charge in [0.15, 0.2) is 0 Å². The highest BCUT2D eigenvalue weighted by Gasteiger charge is 2.10. The summed E-state index contributed by atoms with van der Waals surface area (Å²) in [5.41, 5.74) is 0. The van der Waals surface area contributed by atoms with Crippen LogP contribution in [-0.2, 0) is 10.0 Å². The molecule has 0 aliphatic rings. The molecule has 1 rings (SSSR count). The van der Waals surface area contributed by atoms with E-state index in [0.717, 1.165) is 4.47 Å². The van der Waals surface area contributed by atoms with E-state index >= 15 is 0 Å². The number of halogens is 1. The monoisotopic (exact) mass is 263 g/mol. The Morgan fingerprint density at radius 3 is 2.31 bits per heavy atom. The molecule has 0 spiro atoms. The maximum atomic E-state index is 11.4. The molecule has 3 nitrogen and oxygen atoms in total. The lowest BCUT2D eigenvalue weighted by Crippen LogP contribution is -2.22. The maximum Gasteiger partial charge on any atom is 0.240 e. The Hall–Kier alpha value is -0.390. The van der Waals surface area contributed by atoms with E-state index in [4.69, 9.17) is 0 Å². The van der Waals surface area contributed by atoms with Gasteiger partial charge in [-0.1, -0.05) is 22.9 Å². The maximum absolute atomic E-state index is 11.4. The van der Waals surface area contributed by atoms with Crippen molar-refractivity contribution in [2.24, 2.45) is 0 Å². The second kappa shape index (κ2) is 4.21. The van der Waals surface area contributed by atoms with Gasteiger partial charge in [-0.05, 0) is 24.3 Å². The number of sulfonamides is 1. The predicted molar refractivity (Wildman–Crippen MR) is 55.0 cm³/mol. The Balaban J connectivity index is 3.02. The van der Waals surface area contributed by atoms with E-state index in [2.05, 4.69) is 20.7 Å². The van der Waals surface area contributed by atoms with Crippen LogP contribution in [0.4, 0.5) is 0 Å². The van der Waals surface area contributed by atoms with Gasteiger partial charge in [0, 0.05) is 11.0 Å². The molecule has 0 radical (unpaired) electrons. The molecule has 0 aromatic heterocycles. The van der Waals surface area contributed by atoms with Gasteiger partial charge in [-0.15, -0.1) is 0 Å². The number of nitrogens with one attached hydrogen (secondary N) is 1. The molecule has 0 unspecified atom stereocenters. The fraction of sp³-hybridized carbons (Fsp3) is 0.250. The van der Waals surface area contributed by atoms with E-state index in [0.29, 0.717) is 6.54 Å². The molecule has 13 heavy (non-hydrogen) atoms. The van der Waals surface area contributed by atoms with Crippen molar-refractivity contribution in [3.8, 4) is 0 Å². The van der Waals surface area contributed by atoms with Gasteiger partial charge >= 0.3 is 0 Å². The third kappa shape index (κ3) is 2.79. The highest BCUT2D eigenvalue weighted by molar-refractivity contribution is 9.10. The first-order chi connectivity index (χ1) is 6.06. The number of benzene rings is 1. The predicted octanol–water partition coefficient (Wildman–Crippen LogP) is 1.75. The molecule has 1 N–H and O–H groups in total. The van der Waals surface area contributed by atoms with Crippen molar-refractivity contribution in [3.63, 3.8) is 0 Å². The van der Waals surface area contributed by atoms with E-state index < -0.39 is 10.0 Å². The van der Waals surface area contributed by atoms with E-state index in [1.54, 1.807) is 31.2 Å². The molecule has 0 bridgehead atoms. The molecule has 72 valence electrons.